The second-order valence-electron chi connectivity index (χ2n) is 5.22. The number of carbonyl (C=O) groups is 1. The summed E-state index contributed by atoms with van der Waals surface area (Å²) in [7, 11) is 0. The second kappa shape index (κ2) is 3.98. The van der Waals surface area contributed by atoms with Crippen LogP contribution in [0.3, 0.4) is 0 Å². The molecule has 0 unspecified atom stereocenters. The van der Waals surface area contributed by atoms with Crippen molar-refractivity contribution in [3.05, 3.63) is 17.0 Å². The molecule has 17 heavy (non-hydrogen) atoms. The molecule has 1 N–H and O–H groups in total. The molecule has 1 aromatic rings. The number of esters is 1. The molecule has 1 aromatic heterocycles. The molecule has 0 amide bonds. The van der Waals surface area contributed by atoms with Crippen molar-refractivity contribution in [3.8, 4) is 0 Å². The standard InChI is InChI=1S/C12H17N3O2/c1-7-8(11(16)17-12(2,3)4)5-6-9-10(7)14-15-13-9/h5-6H2,1-4H3,(H,13,14,15). The Morgan fingerprint density at radius 1 is 1.29 bits per heavy atom. The van der Waals surface area contributed by atoms with E-state index in [1.807, 2.05) is 27.7 Å². The highest BCUT2D eigenvalue weighted by Gasteiger charge is 2.27. The average Bonchev–Trinajstić information content (AvgIpc) is 2.63. The van der Waals surface area contributed by atoms with Crippen molar-refractivity contribution in [2.75, 3.05) is 0 Å². The Morgan fingerprint density at radius 2 is 2.00 bits per heavy atom. The number of aromatic nitrogens is 3. The van der Waals surface area contributed by atoms with Crippen LogP contribution in [0.1, 0.15) is 45.5 Å². The first-order chi connectivity index (χ1) is 7.88. The fourth-order valence-electron chi connectivity index (χ4n) is 1.90. The summed E-state index contributed by atoms with van der Waals surface area (Å²) in [6.45, 7) is 7.49. The van der Waals surface area contributed by atoms with Gasteiger partial charge in [0.1, 0.15) is 11.3 Å². The predicted molar refractivity (Wildman–Crippen MR) is 63.1 cm³/mol. The van der Waals surface area contributed by atoms with E-state index >= 15 is 0 Å². The molecule has 92 valence electrons. The van der Waals surface area contributed by atoms with Crippen molar-refractivity contribution in [3.63, 3.8) is 0 Å². The summed E-state index contributed by atoms with van der Waals surface area (Å²) in [6, 6.07) is 0. The van der Waals surface area contributed by atoms with Crippen LogP contribution >= 0.6 is 0 Å². The van der Waals surface area contributed by atoms with Gasteiger partial charge in [-0.2, -0.15) is 15.4 Å². The van der Waals surface area contributed by atoms with E-state index in [2.05, 4.69) is 15.4 Å². The van der Waals surface area contributed by atoms with Gasteiger partial charge in [0, 0.05) is 5.57 Å². The van der Waals surface area contributed by atoms with Gasteiger partial charge in [0.25, 0.3) is 0 Å². The first-order valence-electron chi connectivity index (χ1n) is 5.71. The van der Waals surface area contributed by atoms with Crippen LogP contribution in [0.2, 0.25) is 0 Å². The molecule has 0 saturated heterocycles. The van der Waals surface area contributed by atoms with E-state index in [9.17, 15) is 4.79 Å². The normalized spacial score (nSPS) is 15.8. The van der Waals surface area contributed by atoms with Crippen molar-refractivity contribution >= 4 is 11.5 Å². The van der Waals surface area contributed by atoms with Crippen LogP contribution in [0.4, 0.5) is 0 Å². The minimum Gasteiger partial charge on any atom is -0.457 e. The number of carbonyl (C=O) groups excluding carboxylic acids is 1. The maximum Gasteiger partial charge on any atom is 0.334 e. The summed E-state index contributed by atoms with van der Waals surface area (Å²) in [5.41, 5.74) is 2.83. The van der Waals surface area contributed by atoms with Gasteiger partial charge in [0.05, 0.1) is 5.69 Å². The van der Waals surface area contributed by atoms with Crippen LogP contribution < -0.4 is 0 Å². The van der Waals surface area contributed by atoms with Crippen LogP contribution in [0.25, 0.3) is 5.57 Å². The second-order valence-corrected chi connectivity index (χ2v) is 5.22. The van der Waals surface area contributed by atoms with Crippen LogP contribution in [0.15, 0.2) is 5.57 Å². The third kappa shape index (κ3) is 2.38. The highest BCUT2D eigenvalue weighted by Crippen LogP contribution is 2.29. The van der Waals surface area contributed by atoms with Gasteiger partial charge in [-0.15, -0.1) is 0 Å². The number of rotatable bonds is 1. The number of ether oxygens (including phenoxy) is 1. The lowest BCUT2D eigenvalue weighted by atomic mass is 9.93. The molecule has 1 aliphatic rings. The maximum atomic E-state index is 12.0. The van der Waals surface area contributed by atoms with E-state index in [-0.39, 0.29) is 5.97 Å². The minimum absolute atomic E-state index is 0.247. The van der Waals surface area contributed by atoms with Gasteiger partial charge in [0.2, 0.25) is 0 Å². The number of nitrogens with one attached hydrogen (secondary N) is 1. The van der Waals surface area contributed by atoms with Crippen LogP contribution in [-0.4, -0.2) is 27.0 Å². The number of fused-ring (bicyclic) bond motifs is 1. The summed E-state index contributed by atoms with van der Waals surface area (Å²) < 4.78 is 5.38. The van der Waals surface area contributed by atoms with E-state index in [0.29, 0.717) is 12.0 Å². The van der Waals surface area contributed by atoms with Crippen molar-refractivity contribution < 1.29 is 9.53 Å². The number of H-pyrrole nitrogens is 1. The van der Waals surface area contributed by atoms with Crippen molar-refractivity contribution in [2.24, 2.45) is 0 Å². The zero-order valence-electron chi connectivity index (χ0n) is 10.6. The largest absolute Gasteiger partial charge is 0.457 e. The zero-order chi connectivity index (χ0) is 12.6. The van der Waals surface area contributed by atoms with Gasteiger partial charge in [-0.1, -0.05) is 0 Å². The molecule has 0 radical (unpaired) electrons. The molecule has 0 spiro atoms. The van der Waals surface area contributed by atoms with Gasteiger partial charge in [-0.05, 0) is 46.1 Å². The molecular formula is C12H17N3O2. The zero-order valence-corrected chi connectivity index (χ0v) is 10.6. The van der Waals surface area contributed by atoms with Crippen LogP contribution in [-0.2, 0) is 16.0 Å². The van der Waals surface area contributed by atoms with E-state index in [1.54, 1.807) is 0 Å². The Kier molecular flexibility index (Phi) is 2.77. The summed E-state index contributed by atoms with van der Waals surface area (Å²) in [5.74, 6) is -0.247. The maximum absolute atomic E-state index is 12.0. The summed E-state index contributed by atoms with van der Waals surface area (Å²) in [6.07, 6.45) is 1.40. The summed E-state index contributed by atoms with van der Waals surface area (Å²) >= 11 is 0. The van der Waals surface area contributed by atoms with Gasteiger partial charge in [-0.3, -0.25) is 0 Å². The Morgan fingerprint density at radius 3 is 2.65 bits per heavy atom. The fourth-order valence-corrected chi connectivity index (χ4v) is 1.90. The van der Waals surface area contributed by atoms with Crippen molar-refractivity contribution in [1.82, 2.24) is 15.4 Å². The van der Waals surface area contributed by atoms with Crippen LogP contribution in [0.5, 0.6) is 0 Å². The molecule has 5 heteroatoms. The molecule has 0 saturated carbocycles. The van der Waals surface area contributed by atoms with Crippen molar-refractivity contribution in [1.29, 1.82) is 0 Å². The van der Waals surface area contributed by atoms with Gasteiger partial charge >= 0.3 is 5.97 Å². The smallest absolute Gasteiger partial charge is 0.334 e. The van der Waals surface area contributed by atoms with Gasteiger partial charge in [-0.25, -0.2) is 4.79 Å². The number of hydrogen-bond acceptors (Lipinski definition) is 4. The lowest BCUT2D eigenvalue weighted by Crippen LogP contribution is -2.26. The monoisotopic (exact) mass is 235 g/mol. The molecule has 1 aliphatic carbocycles. The molecule has 0 aromatic carbocycles. The lowest BCUT2D eigenvalue weighted by molar-refractivity contribution is -0.150. The fraction of sp³-hybridized carbons (Fsp3) is 0.583. The third-order valence-electron chi connectivity index (χ3n) is 2.69. The number of aromatic amines is 1. The minimum atomic E-state index is -0.464. The molecule has 1 heterocycles. The highest BCUT2D eigenvalue weighted by atomic mass is 16.6. The summed E-state index contributed by atoms with van der Waals surface area (Å²) in [5, 5.41) is 10.7. The molecule has 0 fully saturated rings. The van der Waals surface area contributed by atoms with Crippen molar-refractivity contribution in [2.45, 2.75) is 46.1 Å². The number of hydrogen-bond donors (Lipinski definition) is 1. The molecule has 2 rings (SSSR count). The summed E-state index contributed by atoms with van der Waals surface area (Å²) in [4.78, 5) is 12.0. The molecule has 0 atom stereocenters. The SMILES string of the molecule is CC1=C(C(=O)OC(C)(C)C)CCc2n[nH]nc21. The molecule has 5 nitrogen and oxygen atoms in total. The van der Waals surface area contributed by atoms with E-state index in [0.717, 1.165) is 23.4 Å². The number of nitrogens with zero attached hydrogens (tertiary/aromatic N) is 2. The first-order valence-corrected chi connectivity index (χ1v) is 5.71. The number of allylic oxidation sites excluding steroid dienone is 1. The lowest BCUT2D eigenvalue weighted by Gasteiger charge is -2.22. The average molecular weight is 235 g/mol. The Bertz CT molecular complexity index is 480. The topological polar surface area (TPSA) is 67.9 Å². The Labute approximate surface area is 100 Å². The van der Waals surface area contributed by atoms with E-state index in [4.69, 9.17) is 4.74 Å². The molecular weight excluding hydrogens is 218 g/mol. The predicted octanol–water partition coefficient (Wildman–Crippen LogP) is 1.87. The first kappa shape index (κ1) is 11.8. The molecule has 0 aliphatic heterocycles. The van der Waals surface area contributed by atoms with Gasteiger partial charge in [0.15, 0.2) is 0 Å². The van der Waals surface area contributed by atoms with E-state index in [1.165, 1.54) is 0 Å². The third-order valence-corrected chi connectivity index (χ3v) is 2.69. The van der Waals surface area contributed by atoms with E-state index < -0.39 is 5.60 Å². The highest BCUT2D eigenvalue weighted by molar-refractivity contribution is 5.98. The Hall–Kier alpha value is -1.65. The number of aryl methyl sites for hydroxylation is 1. The van der Waals surface area contributed by atoms with Gasteiger partial charge < -0.3 is 4.74 Å². The Balaban J connectivity index is 2.28. The van der Waals surface area contributed by atoms with Crippen LogP contribution in [0, 0.1) is 0 Å². The quantitative estimate of drug-likeness (QED) is 0.754. The molecule has 0 bridgehead atoms.